The third-order valence-electron chi connectivity index (χ3n) is 8.19. The van der Waals surface area contributed by atoms with Crippen molar-refractivity contribution in [3.63, 3.8) is 0 Å². The van der Waals surface area contributed by atoms with Gasteiger partial charge in [-0.25, -0.2) is 18.2 Å². The molecule has 0 fully saturated rings. The van der Waals surface area contributed by atoms with Crippen molar-refractivity contribution in [1.82, 2.24) is 9.88 Å². The van der Waals surface area contributed by atoms with E-state index in [9.17, 15) is 23.4 Å². The van der Waals surface area contributed by atoms with E-state index < -0.39 is 21.9 Å². The van der Waals surface area contributed by atoms with Crippen LogP contribution in [0.25, 0.3) is 0 Å². The zero-order valence-corrected chi connectivity index (χ0v) is 28.8. The number of ether oxygens (including phenoxy) is 1. The van der Waals surface area contributed by atoms with Crippen molar-refractivity contribution in [2.24, 2.45) is 0 Å². The number of hydrogen-bond donors (Lipinski definition) is 2. The molecule has 0 spiro atoms. The van der Waals surface area contributed by atoms with Crippen LogP contribution in [-0.2, 0) is 35.8 Å². The Hall–Kier alpha value is -4.54. The highest BCUT2D eigenvalue weighted by molar-refractivity contribution is 7.91. The number of carboxylic acids is 1. The summed E-state index contributed by atoms with van der Waals surface area (Å²) < 4.78 is 33.7. The Morgan fingerprint density at radius 1 is 0.857 bits per heavy atom. The molecular formula is C39H39ClN2O6S. The molecule has 1 atom stereocenters. The summed E-state index contributed by atoms with van der Waals surface area (Å²) in [5.74, 6) is -1.07. The van der Waals surface area contributed by atoms with Crippen LogP contribution < -0.4 is 4.74 Å². The molecule has 2 N–H and O–H groups in total. The fourth-order valence-corrected chi connectivity index (χ4v) is 7.05. The Morgan fingerprint density at radius 2 is 1.53 bits per heavy atom. The molecular weight excluding hydrogens is 660 g/mol. The number of halogens is 1. The fourth-order valence-electron chi connectivity index (χ4n) is 5.60. The first-order valence-corrected chi connectivity index (χ1v) is 18.0. The van der Waals surface area contributed by atoms with E-state index in [2.05, 4.69) is 9.88 Å². The molecule has 0 saturated carbocycles. The Morgan fingerprint density at radius 3 is 2.14 bits per heavy atom. The summed E-state index contributed by atoms with van der Waals surface area (Å²) in [6.45, 7) is 3.68. The first-order valence-electron chi connectivity index (χ1n) is 16.1. The van der Waals surface area contributed by atoms with Gasteiger partial charge in [0.2, 0.25) is 9.84 Å². The molecule has 0 aliphatic heterocycles. The molecule has 8 nitrogen and oxygen atoms in total. The van der Waals surface area contributed by atoms with Crippen molar-refractivity contribution in [3.8, 4) is 5.75 Å². The Balaban J connectivity index is 1.33. The van der Waals surface area contributed by atoms with Crippen LogP contribution in [0.1, 0.15) is 57.6 Å². The van der Waals surface area contributed by atoms with Crippen LogP contribution in [0.3, 0.4) is 0 Å². The molecule has 1 heterocycles. The molecule has 0 saturated heterocycles. The lowest BCUT2D eigenvalue weighted by Gasteiger charge is -2.25. The fraction of sp³-hybridized carbons (Fsp3) is 0.231. The summed E-state index contributed by atoms with van der Waals surface area (Å²) in [5.41, 5.74) is 3.90. The van der Waals surface area contributed by atoms with Gasteiger partial charge in [0.25, 0.3) is 0 Å². The normalized spacial score (nSPS) is 12.2. The maximum atomic E-state index is 13.8. The maximum absolute atomic E-state index is 13.8. The predicted molar refractivity (Wildman–Crippen MR) is 190 cm³/mol. The quantitative estimate of drug-likeness (QED) is 0.101. The number of pyridine rings is 1. The van der Waals surface area contributed by atoms with Gasteiger partial charge in [-0.3, -0.25) is 4.90 Å². The number of rotatable bonds is 16. The van der Waals surface area contributed by atoms with E-state index >= 15 is 0 Å². The van der Waals surface area contributed by atoms with Gasteiger partial charge in [-0.2, -0.15) is 0 Å². The smallest absolute Gasteiger partial charge is 0.339 e. The number of aromatic carboxylic acids is 1. The number of benzene rings is 4. The number of hydrogen-bond acceptors (Lipinski definition) is 7. The van der Waals surface area contributed by atoms with Gasteiger partial charge in [0, 0.05) is 31.4 Å². The molecule has 5 aromatic rings. The van der Waals surface area contributed by atoms with Crippen LogP contribution in [0, 0.1) is 0 Å². The molecule has 254 valence electrons. The minimum absolute atomic E-state index is 0.0693. The topological polar surface area (TPSA) is 117 Å². The van der Waals surface area contributed by atoms with Crippen LogP contribution in [-0.4, -0.2) is 47.6 Å². The van der Waals surface area contributed by atoms with E-state index in [4.69, 9.17) is 16.3 Å². The molecule has 0 aliphatic carbocycles. The average molecular weight is 699 g/mol. The van der Waals surface area contributed by atoms with Crippen LogP contribution in [0.4, 0.5) is 0 Å². The Labute approximate surface area is 292 Å². The second-order valence-corrected chi connectivity index (χ2v) is 14.2. The van der Waals surface area contributed by atoms with Crippen LogP contribution in [0.2, 0.25) is 5.15 Å². The van der Waals surface area contributed by atoms with Gasteiger partial charge in [0.05, 0.1) is 15.9 Å². The third kappa shape index (κ3) is 9.55. The number of aliphatic hydroxyl groups is 1. The summed E-state index contributed by atoms with van der Waals surface area (Å²) in [5, 5.41) is 21.4. The summed E-state index contributed by atoms with van der Waals surface area (Å²) in [4.78, 5) is 18.6. The van der Waals surface area contributed by atoms with Gasteiger partial charge < -0.3 is 14.9 Å². The minimum Gasteiger partial charge on any atom is -0.488 e. The number of aromatic nitrogens is 1. The number of aliphatic hydroxyl groups excluding tert-OH is 1. The van der Waals surface area contributed by atoms with E-state index in [0.717, 1.165) is 16.7 Å². The molecule has 10 heteroatoms. The second-order valence-electron chi connectivity index (χ2n) is 11.8. The lowest BCUT2D eigenvalue weighted by Crippen LogP contribution is -2.30. The molecule has 0 unspecified atom stereocenters. The average Bonchev–Trinajstić information content (AvgIpc) is 3.11. The number of nitrogens with zero attached hydrogens (tertiary/aromatic N) is 2. The highest BCUT2D eigenvalue weighted by atomic mass is 35.5. The summed E-state index contributed by atoms with van der Waals surface area (Å²) in [6, 6.07) is 32.2. The van der Waals surface area contributed by atoms with Gasteiger partial charge >= 0.3 is 5.97 Å². The first kappa shape index (κ1) is 35.8. The Bertz CT molecular complexity index is 1940. The van der Waals surface area contributed by atoms with Crippen molar-refractivity contribution in [2.75, 3.05) is 13.1 Å². The van der Waals surface area contributed by atoms with E-state index in [0.29, 0.717) is 55.2 Å². The minimum atomic E-state index is -4.04. The van der Waals surface area contributed by atoms with Gasteiger partial charge in [-0.05, 0) is 65.4 Å². The van der Waals surface area contributed by atoms with Gasteiger partial charge in [-0.15, -0.1) is 0 Å². The number of aryl methyl sites for hydroxylation is 1. The molecule has 1 aromatic heterocycles. The van der Waals surface area contributed by atoms with Gasteiger partial charge in [-0.1, -0.05) is 104 Å². The highest BCUT2D eigenvalue weighted by Gasteiger charge is 2.25. The van der Waals surface area contributed by atoms with Crippen LogP contribution in [0.5, 0.6) is 5.75 Å². The maximum Gasteiger partial charge on any atom is 0.339 e. The van der Waals surface area contributed by atoms with Crippen LogP contribution >= 0.6 is 11.6 Å². The zero-order chi connectivity index (χ0) is 34.8. The highest BCUT2D eigenvalue weighted by Crippen LogP contribution is 2.33. The third-order valence-corrected chi connectivity index (χ3v) is 10.2. The molecule has 0 radical (unpaired) electrons. The van der Waals surface area contributed by atoms with E-state index in [1.807, 2.05) is 67.6 Å². The predicted octanol–water partition coefficient (Wildman–Crippen LogP) is 7.58. The lowest BCUT2D eigenvalue weighted by atomic mass is 10.0. The monoisotopic (exact) mass is 698 g/mol. The van der Waals surface area contributed by atoms with Crippen molar-refractivity contribution < 1.29 is 28.2 Å². The second kappa shape index (κ2) is 16.7. The van der Waals surface area contributed by atoms with Crippen LogP contribution in [0.15, 0.2) is 125 Å². The number of carbonyl (C=O) groups is 1. The van der Waals surface area contributed by atoms with Crippen molar-refractivity contribution >= 4 is 27.4 Å². The first-order chi connectivity index (χ1) is 23.6. The Kier molecular flexibility index (Phi) is 12.2. The van der Waals surface area contributed by atoms with E-state index in [1.165, 1.54) is 12.1 Å². The number of carboxylic acid groups (broad SMARTS) is 1. The number of sulfone groups is 1. The molecule has 0 aliphatic rings. The van der Waals surface area contributed by atoms with Gasteiger partial charge in [0.1, 0.15) is 23.1 Å². The standard InChI is InChI=1S/C39H39ClN2O6S/c1-2-9-31-22-34(23-35(39(44)45)38(31)48-27-30-12-7-4-8-13-30)49(46,47)33-17-14-28(15-18-33)20-21-42(25-29-10-5-3-6-11-29)26-36(43)32-16-19-37(40)41-24-32/h3-8,10-19,22-24,36,43H,2,9,20-21,25-27H2,1H3,(H,44,45)/t36-/m1/s1. The SMILES string of the molecule is CCCc1cc(S(=O)(=O)c2ccc(CCN(Cc3ccccc3)C[C@@H](O)c3ccc(Cl)nc3)cc2)cc(C(=O)O)c1OCc1ccccc1. The van der Waals surface area contributed by atoms with Crippen molar-refractivity contribution in [1.29, 1.82) is 0 Å². The summed E-state index contributed by atoms with van der Waals surface area (Å²) >= 11 is 5.93. The molecule has 0 amide bonds. The molecule has 4 aromatic carbocycles. The summed E-state index contributed by atoms with van der Waals surface area (Å²) in [6.07, 6.45) is 2.53. The zero-order valence-electron chi connectivity index (χ0n) is 27.2. The summed E-state index contributed by atoms with van der Waals surface area (Å²) in [7, 11) is -4.04. The van der Waals surface area contributed by atoms with Gasteiger partial charge in [0.15, 0.2) is 0 Å². The van der Waals surface area contributed by atoms with Crippen molar-refractivity contribution in [3.05, 3.63) is 154 Å². The largest absolute Gasteiger partial charge is 0.488 e. The van der Waals surface area contributed by atoms with E-state index in [-0.39, 0.29) is 27.7 Å². The van der Waals surface area contributed by atoms with E-state index in [1.54, 1.807) is 42.6 Å². The van der Waals surface area contributed by atoms with Crippen molar-refractivity contribution in [2.45, 2.75) is 55.2 Å². The molecule has 49 heavy (non-hydrogen) atoms. The molecule has 0 bridgehead atoms. The lowest BCUT2D eigenvalue weighted by molar-refractivity contribution is 0.0691. The molecule has 5 rings (SSSR count).